The molecule has 1 fully saturated rings. The molecule has 1 amide bonds. The van der Waals surface area contributed by atoms with E-state index in [-0.39, 0.29) is 12.3 Å². The summed E-state index contributed by atoms with van der Waals surface area (Å²) in [5, 5.41) is 9.35. The number of aliphatic hydroxyl groups excluding tert-OH is 1. The standard InChI is InChI=1S/C11H14N2O2/c12-6-8-1-3-9(4-2-8)13-7-10(14)5-11(13)15/h1-4,10,14H,5-7,12H2. The van der Waals surface area contributed by atoms with Crippen LogP contribution in [0.15, 0.2) is 24.3 Å². The summed E-state index contributed by atoms with van der Waals surface area (Å²) in [7, 11) is 0. The average Bonchev–Trinajstić information content (AvgIpc) is 2.58. The molecule has 0 saturated carbocycles. The maximum absolute atomic E-state index is 11.5. The number of amides is 1. The second-order valence-corrected chi connectivity index (χ2v) is 3.73. The zero-order chi connectivity index (χ0) is 10.8. The van der Waals surface area contributed by atoms with Gasteiger partial charge in [0.15, 0.2) is 0 Å². The van der Waals surface area contributed by atoms with Crippen LogP contribution < -0.4 is 10.6 Å². The van der Waals surface area contributed by atoms with Gasteiger partial charge in [0.2, 0.25) is 5.91 Å². The molecule has 3 N–H and O–H groups in total. The molecule has 1 aromatic rings. The third-order valence-corrected chi connectivity index (χ3v) is 2.59. The van der Waals surface area contributed by atoms with Gasteiger partial charge in [-0.15, -0.1) is 0 Å². The smallest absolute Gasteiger partial charge is 0.229 e. The second-order valence-electron chi connectivity index (χ2n) is 3.73. The van der Waals surface area contributed by atoms with E-state index in [1.165, 1.54) is 0 Å². The Morgan fingerprint density at radius 2 is 2.07 bits per heavy atom. The molecule has 0 aliphatic carbocycles. The lowest BCUT2D eigenvalue weighted by molar-refractivity contribution is -0.117. The third kappa shape index (κ3) is 2.00. The minimum Gasteiger partial charge on any atom is -0.391 e. The van der Waals surface area contributed by atoms with Crippen LogP contribution in [0.3, 0.4) is 0 Å². The highest BCUT2D eigenvalue weighted by atomic mass is 16.3. The molecule has 1 unspecified atom stereocenters. The van der Waals surface area contributed by atoms with E-state index < -0.39 is 6.10 Å². The van der Waals surface area contributed by atoms with Crippen LogP contribution in [-0.2, 0) is 11.3 Å². The van der Waals surface area contributed by atoms with E-state index in [4.69, 9.17) is 5.73 Å². The van der Waals surface area contributed by atoms with Crippen LogP contribution in [0, 0.1) is 0 Å². The lowest BCUT2D eigenvalue weighted by Crippen LogP contribution is -2.25. The summed E-state index contributed by atoms with van der Waals surface area (Å²) in [5.74, 6) is -0.0250. The first-order valence-electron chi connectivity index (χ1n) is 4.98. The normalized spacial score (nSPS) is 21.1. The number of hydrogen-bond donors (Lipinski definition) is 2. The summed E-state index contributed by atoms with van der Waals surface area (Å²) in [6.07, 6.45) is -0.315. The minimum atomic E-state index is -0.535. The molecule has 1 aliphatic heterocycles. The molecular formula is C11H14N2O2. The first kappa shape index (κ1) is 10.1. The molecule has 4 heteroatoms. The fraction of sp³-hybridized carbons (Fsp3) is 0.364. The Bertz CT molecular complexity index is 361. The topological polar surface area (TPSA) is 66.6 Å². The number of carbonyl (C=O) groups is 1. The van der Waals surface area contributed by atoms with E-state index >= 15 is 0 Å². The van der Waals surface area contributed by atoms with E-state index in [1.54, 1.807) is 4.90 Å². The van der Waals surface area contributed by atoms with E-state index in [2.05, 4.69) is 0 Å². The molecule has 0 bridgehead atoms. The van der Waals surface area contributed by atoms with Crippen molar-refractivity contribution in [1.29, 1.82) is 0 Å². The molecule has 4 nitrogen and oxygen atoms in total. The molecule has 15 heavy (non-hydrogen) atoms. The quantitative estimate of drug-likeness (QED) is 0.728. The van der Waals surface area contributed by atoms with Gasteiger partial charge >= 0.3 is 0 Å². The summed E-state index contributed by atoms with van der Waals surface area (Å²) in [5.41, 5.74) is 7.34. The molecule has 1 aromatic carbocycles. The molecular weight excluding hydrogens is 192 g/mol. The Kier molecular flexibility index (Phi) is 2.70. The summed E-state index contributed by atoms with van der Waals surface area (Å²) < 4.78 is 0. The fourth-order valence-electron chi connectivity index (χ4n) is 1.75. The number of benzene rings is 1. The zero-order valence-corrected chi connectivity index (χ0v) is 8.39. The molecule has 0 radical (unpaired) electrons. The summed E-state index contributed by atoms with van der Waals surface area (Å²) in [6.45, 7) is 0.887. The highest BCUT2D eigenvalue weighted by Gasteiger charge is 2.28. The van der Waals surface area contributed by atoms with Crippen molar-refractivity contribution in [2.75, 3.05) is 11.4 Å². The number of hydrogen-bond acceptors (Lipinski definition) is 3. The van der Waals surface area contributed by atoms with Crippen molar-refractivity contribution >= 4 is 11.6 Å². The van der Waals surface area contributed by atoms with Crippen LogP contribution in [0.1, 0.15) is 12.0 Å². The number of carbonyl (C=O) groups excluding carboxylic acids is 1. The van der Waals surface area contributed by atoms with Crippen molar-refractivity contribution in [2.24, 2.45) is 5.73 Å². The number of anilines is 1. The average molecular weight is 206 g/mol. The molecule has 1 aliphatic rings. The molecule has 80 valence electrons. The first-order valence-corrected chi connectivity index (χ1v) is 4.98. The lowest BCUT2D eigenvalue weighted by atomic mass is 10.2. The van der Waals surface area contributed by atoms with Gasteiger partial charge in [0.1, 0.15) is 0 Å². The Morgan fingerprint density at radius 1 is 1.40 bits per heavy atom. The fourth-order valence-corrected chi connectivity index (χ4v) is 1.75. The van der Waals surface area contributed by atoms with Crippen LogP contribution in [-0.4, -0.2) is 23.7 Å². The number of β-amino-alcohol motifs (C(OH)–C–C–N with tert-alkyl or cyclic N) is 1. The Labute approximate surface area is 88.3 Å². The molecule has 0 spiro atoms. The van der Waals surface area contributed by atoms with Crippen LogP contribution in [0.2, 0.25) is 0 Å². The zero-order valence-electron chi connectivity index (χ0n) is 8.39. The van der Waals surface area contributed by atoms with Gasteiger partial charge in [-0.25, -0.2) is 0 Å². The second kappa shape index (κ2) is 4.00. The summed E-state index contributed by atoms with van der Waals surface area (Å²) in [6, 6.07) is 7.51. The van der Waals surface area contributed by atoms with Gasteiger partial charge in [0.05, 0.1) is 19.1 Å². The largest absolute Gasteiger partial charge is 0.391 e. The van der Waals surface area contributed by atoms with Crippen LogP contribution in [0.4, 0.5) is 5.69 Å². The van der Waals surface area contributed by atoms with Crippen molar-refractivity contribution in [3.05, 3.63) is 29.8 Å². The number of rotatable bonds is 2. The Morgan fingerprint density at radius 3 is 2.53 bits per heavy atom. The molecule has 1 heterocycles. The highest BCUT2D eigenvalue weighted by Crippen LogP contribution is 2.21. The molecule has 0 aromatic heterocycles. The maximum atomic E-state index is 11.5. The Balaban J connectivity index is 2.19. The number of aliphatic hydroxyl groups is 1. The van der Waals surface area contributed by atoms with Crippen molar-refractivity contribution in [2.45, 2.75) is 19.1 Å². The maximum Gasteiger partial charge on any atom is 0.229 e. The predicted molar refractivity (Wildman–Crippen MR) is 57.3 cm³/mol. The van der Waals surface area contributed by atoms with Gasteiger partial charge in [0, 0.05) is 12.2 Å². The number of nitrogens with zero attached hydrogens (tertiary/aromatic N) is 1. The van der Waals surface area contributed by atoms with Crippen molar-refractivity contribution < 1.29 is 9.90 Å². The van der Waals surface area contributed by atoms with E-state index in [1.807, 2.05) is 24.3 Å². The van der Waals surface area contributed by atoms with Gasteiger partial charge in [-0.1, -0.05) is 12.1 Å². The minimum absolute atomic E-state index is 0.0250. The summed E-state index contributed by atoms with van der Waals surface area (Å²) in [4.78, 5) is 13.1. The predicted octanol–water partition coefficient (Wildman–Crippen LogP) is 0.243. The highest BCUT2D eigenvalue weighted by molar-refractivity contribution is 5.96. The van der Waals surface area contributed by atoms with Gasteiger partial charge in [-0.05, 0) is 17.7 Å². The monoisotopic (exact) mass is 206 g/mol. The van der Waals surface area contributed by atoms with Gasteiger partial charge in [-0.2, -0.15) is 0 Å². The van der Waals surface area contributed by atoms with Crippen molar-refractivity contribution in [1.82, 2.24) is 0 Å². The SMILES string of the molecule is NCc1ccc(N2CC(O)CC2=O)cc1. The summed E-state index contributed by atoms with van der Waals surface area (Å²) >= 11 is 0. The van der Waals surface area contributed by atoms with E-state index in [0.29, 0.717) is 13.1 Å². The van der Waals surface area contributed by atoms with Gasteiger partial charge in [0.25, 0.3) is 0 Å². The molecule has 2 rings (SSSR count). The third-order valence-electron chi connectivity index (χ3n) is 2.59. The Hall–Kier alpha value is -1.39. The van der Waals surface area contributed by atoms with Crippen LogP contribution in [0.5, 0.6) is 0 Å². The van der Waals surface area contributed by atoms with E-state index in [0.717, 1.165) is 11.3 Å². The van der Waals surface area contributed by atoms with Crippen molar-refractivity contribution in [3.63, 3.8) is 0 Å². The first-order chi connectivity index (χ1) is 7.20. The lowest BCUT2D eigenvalue weighted by Gasteiger charge is -2.15. The number of nitrogens with two attached hydrogens (primary N) is 1. The van der Waals surface area contributed by atoms with Crippen molar-refractivity contribution in [3.8, 4) is 0 Å². The van der Waals surface area contributed by atoms with Gasteiger partial charge < -0.3 is 15.7 Å². The molecule has 1 atom stereocenters. The van der Waals surface area contributed by atoms with E-state index in [9.17, 15) is 9.90 Å². The molecule has 1 saturated heterocycles. The van der Waals surface area contributed by atoms with Crippen LogP contribution in [0.25, 0.3) is 0 Å². The van der Waals surface area contributed by atoms with Gasteiger partial charge in [-0.3, -0.25) is 4.79 Å². The van der Waals surface area contributed by atoms with Crippen LogP contribution >= 0.6 is 0 Å².